The lowest BCUT2D eigenvalue weighted by atomic mass is 9.91. The van der Waals surface area contributed by atoms with Crippen molar-refractivity contribution in [3.05, 3.63) is 71.2 Å². The van der Waals surface area contributed by atoms with Crippen molar-refractivity contribution in [2.75, 3.05) is 25.4 Å². The van der Waals surface area contributed by atoms with Gasteiger partial charge in [0.1, 0.15) is 5.82 Å². The van der Waals surface area contributed by atoms with E-state index in [2.05, 4.69) is 41.2 Å². The van der Waals surface area contributed by atoms with Gasteiger partial charge in [-0.25, -0.2) is 4.98 Å². The van der Waals surface area contributed by atoms with Crippen LogP contribution in [0.15, 0.2) is 48.5 Å². The van der Waals surface area contributed by atoms with Gasteiger partial charge in [0.2, 0.25) is 5.95 Å². The number of rotatable bonds is 8. The zero-order valence-corrected chi connectivity index (χ0v) is 22.4. The van der Waals surface area contributed by atoms with Gasteiger partial charge in [-0.3, -0.25) is 9.69 Å². The Morgan fingerprint density at radius 1 is 1.05 bits per heavy atom. The van der Waals surface area contributed by atoms with E-state index in [4.69, 9.17) is 5.73 Å². The molecule has 2 fully saturated rings. The summed E-state index contributed by atoms with van der Waals surface area (Å²) in [5, 5.41) is 2.87. The minimum Gasteiger partial charge on any atom is -0.383 e. The molecule has 38 heavy (non-hydrogen) atoms. The average Bonchev–Trinajstić information content (AvgIpc) is 3.49. The van der Waals surface area contributed by atoms with Crippen LogP contribution < -0.4 is 11.1 Å². The van der Waals surface area contributed by atoms with Crippen molar-refractivity contribution in [1.82, 2.24) is 15.2 Å². The Kier molecular flexibility index (Phi) is 6.47. The molecule has 1 aliphatic carbocycles. The van der Waals surface area contributed by atoms with Gasteiger partial charge in [0.25, 0.3) is 5.91 Å². The van der Waals surface area contributed by atoms with Crippen molar-refractivity contribution in [2.24, 2.45) is 5.92 Å². The average molecular weight is 513 g/mol. The second-order valence-corrected chi connectivity index (χ2v) is 11.4. The van der Waals surface area contributed by atoms with E-state index in [1.54, 1.807) is 6.07 Å². The molecule has 2 atom stereocenters. The van der Waals surface area contributed by atoms with Crippen molar-refractivity contribution in [3.63, 3.8) is 0 Å². The molecule has 3 N–H and O–H groups in total. The summed E-state index contributed by atoms with van der Waals surface area (Å²) < 4.78 is 15.1. The Bertz CT molecular complexity index is 1360. The van der Waals surface area contributed by atoms with E-state index in [9.17, 15) is 4.79 Å². The maximum absolute atomic E-state index is 15.1. The van der Waals surface area contributed by atoms with E-state index < -0.39 is 5.95 Å². The van der Waals surface area contributed by atoms with Crippen LogP contribution in [0.5, 0.6) is 0 Å². The molecule has 3 heterocycles. The molecule has 0 spiro atoms. The van der Waals surface area contributed by atoms with Crippen molar-refractivity contribution in [2.45, 2.75) is 63.8 Å². The fourth-order valence-electron chi connectivity index (χ4n) is 6.94. The smallest absolute Gasteiger partial charge is 0.251 e. The van der Waals surface area contributed by atoms with Crippen LogP contribution in [0, 0.1) is 11.9 Å². The number of pyridine rings is 1. The number of hydrogen-bond acceptors (Lipinski definition) is 4. The van der Waals surface area contributed by atoms with E-state index in [1.165, 1.54) is 44.2 Å². The van der Waals surface area contributed by atoms with Gasteiger partial charge < -0.3 is 11.1 Å². The summed E-state index contributed by atoms with van der Waals surface area (Å²) in [5.41, 5.74) is 12.3. The van der Waals surface area contributed by atoms with Crippen LogP contribution in [0.2, 0.25) is 0 Å². The van der Waals surface area contributed by atoms with E-state index in [0.717, 1.165) is 35.6 Å². The largest absolute Gasteiger partial charge is 0.383 e. The van der Waals surface area contributed by atoms with E-state index in [0.29, 0.717) is 29.3 Å². The highest BCUT2D eigenvalue weighted by Gasteiger charge is 2.61. The quantitative estimate of drug-likeness (QED) is 0.365. The van der Waals surface area contributed by atoms with Gasteiger partial charge in [0, 0.05) is 47.8 Å². The Balaban J connectivity index is 1.26. The normalized spacial score (nSPS) is 22.3. The molecule has 3 aromatic rings. The Morgan fingerprint density at radius 3 is 2.53 bits per heavy atom. The highest BCUT2D eigenvalue weighted by molar-refractivity contribution is 5.97. The fourth-order valence-corrected chi connectivity index (χ4v) is 6.94. The molecule has 6 rings (SSSR count). The van der Waals surface area contributed by atoms with Crippen molar-refractivity contribution in [3.8, 4) is 22.3 Å². The second kappa shape index (κ2) is 9.81. The summed E-state index contributed by atoms with van der Waals surface area (Å²) >= 11 is 0. The number of nitrogens with zero attached hydrogens (tertiary/aromatic N) is 2. The van der Waals surface area contributed by atoms with Crippen LogP contribution in [0.3, 0.4) is 0 Å². The van der Waals surface area contributed by atoms with Crippen molar-refractivity contribution < 1.29 is 9.18 Å². The van der Waals surface area contributed by atoms with E-state index in [1.807, 2.05) is 30.3 Å². The van der Waals surface area contributed by atoms with Gasteiger partial charge in [0.05, 0.1) is 0 Å². The molecular weight excluding hydrogens is 475 g/mol. The molecule has 0 bridgehead atoms. The first kappa shape index (κ1) is 25.1. The highest BCUT2D eigenvalue weighted by atomic mass is 19.1. The SMILES string of the molecule is CCCC(CCC)N1C[C@H]2C[C@@]2(c2ccc(-c3cc(-c4ccc5c(c4)CCNC5=O)c(N)nc3F)cc2)C1. The van der Waals surface area contributed by atoms with Crippen LogP contribution in [0.4, 0.5) is 10.2 Å². The highest BCUT2D eigenvalue weighted by Crippen LogP contribution is 2.59. The zero-order valence-electron chi connectivity index (χ0n) is 22.4. The maximum Gasteiger partial charge on any atom is 0.251 e. The lowest BCUT2D eigenvalue weighted by Crippen LogP contribution is -2.36. The topological polar surface area (TPSA) is 71.2 Å². The third-order valence-electron chi connectivity index (χ3n) is 9.05. The number of nitrogens with two attached hydrogens (primary N) is 1. The first-order valence-corrected chi connectivity index (χ1v) is 14.2. The van der Waals surface area contributed by atoms with Crippen molar-refractivity contribution in [1.29, 1.82) is 0 Å². The molecule has 0 unspecified atom stereocenters. The lowest BCUT2D eigenvalue weighted by Gasteiger charge is -2.30. The number of carbonyl (C=O) groups is 1. The molecule has 198 valence electrons. The van der Waals surface area contributed by atoms with Gasteiger partial charge in [-0.2, -0.15) is 4.39 Å². The van der Waals surface area contributed by atoms with Gasteiger partial charge in [-0.1, -0.05) is 63.1 Å². The van der Waals surface area contributed by atoms with Gasteiger partial charge in [0.15, 0.2) is 0 Å². The molecule has 2 aliphatic heterocycles. The molecule has 1 saturated carbocycles. The van der Waals surface area contributed by atoms with Gasteiger partial charge in [-0.15, -0.1) is 0 Å². The Labute approximate surface area is 224 Å². The number of carbonyl (C=O) groups excluding carboxylic acids is 1. The van der Waals surface area contributed by atoms with Crippen LogP contribution in [-0.4, -0.2) is 41.5 Å². The molecule has 5 nitrogen and oxygen atoms in total. The number of hydrogen-bond donors (Lipinski definition) is 2. The van der Waals surface area contributed by atoms with Crippen LogP contribution in [0.25, 0.3) is 22.3 Å². The number of piperidine rings is 1. The number of nitrogens with one attached hydrogen (secondary N) is 1. The predicted molar refractivity (Wildman–Crippen MR) is 150 cm³/mol. The number of benzene rings is 2. The molecule has 6 heteroatoms. The summed E-state index contributed by atoms with van der Waals surface area (Å²) in [5.74, 6) is 0.269. The number of aromatic nitrogens is 1. The summed E-state index contributed by atoms with van der Waals surface area (Å²) in [6, 6.07) is 16.6. The molecule has 1 saturated heterocycles. The maximum atomic E-state index is 15.1. The minimum atomic E-state index is -0.562. The first-order valence-electron chi connectivity index (χ1n) is 14.2. The summed E-state index contributed by atoms with van der Waals surface area (Å²) in [6.07, 6.45) is 7.04. The number of halogens is 1. The molecule has 2 aromatic carbocycles. The number of amides is 1. The van der Waals surface area contributed by atoms with Crippen LogP contribution >= 0.6 is 0 Å². The zero-order chi connectivity index (χ0) is 26.4. The van der Waals surface area contributed by atoms with Crippen LogP contribution in [0.1, 0.15) is 67.4 Å². The lowest BCUT2D eigenvalue weighted by molar-refractivity contribution is 0.0946. The summed E-state index contributed by atoms with van der Waals surface area (Å²) in [4.78, 5) is 18.9. The number of likely N-dealkylation sites (tertiary alicyclic amines) is 1. The second-order valence-electron chi connectivity index (χ2n) is 11.4. The number of fused-ring (bicyclic) bond motifs is 2. The van der Waals surface area contributed by atoms with Crippen molar-refractivity contribution >= 4 is 11.7 Å². The number of anilines is 1. The number of nitrogen functional groups attached to an aromatic ring is 1. The Hall–Kier alpha value is -3.25. The molecule has 1 amide bonds. The van der Waals surface area contributed by atoms with Gasteiger partial charge in [-0.05, 0) is 66.0 Å². The Morgan fingerprint density at radius 2 is 1.79 bits per heavy atom. The van der Waals surface area contributed by atoms with E-state index in [-0.39, 0.29) is 17.1 Å². The first-order chi connectivity index (χ1) is 18.4. The molecule has 1 aromatic heterocycles. The standard InChI is InChI=1S/C32H37FN4O/c1-3-5-25(6-4-2)37-18-24-17-32(24,19-37)23-10-7-20(8-11-23)27-16-28(30(34)36-29(27)33)21-9-12-26-22(15-21)13-14-35-31(26)38/h7-12,15-16,24-25H,3-6,13-14,17-19H2,1-2H3,(H2,34,36)(H,35,38)/t24-,32+/m1/s1. The molecule has 3 aliphatic rings. The van der Waals surface area contributed by atoms with Crippen LogP contribution in [-0.2, 0) is 11.8 Å². The molecule has 0 radical (unpaired) electrons. The summed E-state index contributed by atoms with van der Waals surface area (Å²) in [7, 11) is 0. The van der Waals surface area contributed by atoms with E-state index >= 15 is 4.39 Å². The third kappa shape index (κ3) is 4.29. The predicted octanol–water partition coefficient (Wildman–Crippen LogP) is 5.96. The molecular formula is C32H37FN4O. The summed E-state index contributed by atoms with van der Waals surface area (Å²) in [6.45, 7) is 7.53. The monoisotopic (exact) mass is 512 g/mol. The van der Waals surface area contributed by atoms with Gasteiger partial charge >= 0.3 is 0 Å². The third-order valence-corrected chi connectivity index (χ3v) is 9.05. The fraction of sp³-hybridized carbons (Fsp3) is 0.438. The minimum absolute atomic E-state index is 0.0576.